The van der Waals surface area contributed by atoms with Crippen molar-refractivity contribution in [1.82, 2.24) is 0 Å². The van der Waals surface area contributed by atoms with Crippen LogP contribution in [0, 0.1) is 0 Å². The summed E-state index contributed by atoms with van der Waals surface area (Å²) in [5.41, 5.74) is 4.53. The minimum atomic E-state index is -1.04. The lowest BCUT2D eigenvalue weighted by molar-refractivity contribution is 0.0696. The summed E-state index contributed by atoms with van der Waals surface area (Å²) in [6.45, 7) is 0. The Morgan fingerprint density at radius 1 is 1.15 bits per heavy atom. The number of nitrogens with two attached hydrogens (primary N) is 2. The molecule has 0 spiro atoms. The van der Waals surface area contributed by atoms with E-state index in [1.807, 2.05) is 0 Å². The maximum absolute atomic E-state index is 12.3. The largest absolute Gasteiger partial charge is 0.478 e. The molecular weight excluding hydrogens is 370 g/mol. The highest BCUT2D eigenvalue weighted by atomic mass is 32.2. The number of anilines is 2. The maximum atomic E-state index is 12.3. The molecule has 10 heteroatoms. The van der Waals surface area contributed by atoms with E-state index < -0.39 is 5.97 Å². The van der Waals surface area contributed by atoms with E-state index in [1.54, 1.807) is 24.3 Å². The second kappa shape index (κ2) is 9.57. The van der Waals surface area contributed by atoms with E-state index in [9.17, 15) is 9.59 Å². The van der Waals surface area contributed by atoms with Crippen LogP contribution in [0.3, 0.4) is 0 Å². The number of carbonyl (C=O) groups is 2. The molecule has 2 aromatic rings. The summed E-state index contributed by atoms with van der Waals surface area (Å²) in [4.78, 5) is 28.0. The van der Waals surface area contributed by atoms with E-state index in [1.165, 1.54) is 36.4 Å². The molecule has 142 valence electrons. The summed E-state index contributed by atoms with van der Waals surface area (Å²) in [5.74, 6) is 10.3. The second-order valence-corrected chi connectivity index (χ2v) is 6.17. The van der Waals surface area contributed by atoms with Gasteiger partial charge in [0.1, 0.15) is 0 Å². The fourth-order valence-electron chi connectivity index (χ4n) is 2.10. The maximum Gasteiger partial charge on any atom is 0.335 e. The van der Waals surface area contributed by atoms with Gasteiger partial charge in [-0.2, -0.15) is 5.10 Å². The molecule has 2 rings (SSSR count). The lowest BCUT2D eigenvalue weighted by Gasteiger charge is -2.19. The Hall–Kier alpha value is -3.08. The number of nitrogens with zero attached hydrogens (tertiary/aromatic N) is 2. The zero-order valence-electron chi connectivity index (χ0n) is 14.5. The van der Waals surface area contributed by atoms with Gasteiger partial charge in [-0.15, -0.1) is 0 Å². The number of nitrogens with one attached hydrogen (secondary N) is 1. The van der Waals surface area contributed by atoms with Crippen LogP contribution in [0.25, 0.3) is 0 Å². The number of amidine groups is 1. The number of ketones is 1. The monoisotopic (exact) mass is 389 g/mol. The number of hydrogen-bond donors (Lipinski definition) is 4. The molecule has 0 heterocycles. The topological polar surface area (TPSA) is 143 Å². The number of carboxylic acids is 1. The van der Waals surface area contributed by atoms with Gasteiger partial charge in [-0.05, 0) is 48.5 Å². The van der Waals surface area contributed by atoms with Gasteiger partial charge in [0.15, 0.2) is 5.78 Å². The van der Waals surface area contributed by atoms with E-state index in [0.29, 0.717) is 11.3 Å². The van der Waals surface area contributed by atoms with Crippen molar-refractivity contribution in [1.29, 1.82) is 0 Å². The predicted molar refractivity (Wildman–Crippen MR) is 106 cm³/mol. The number of carbonyl (C=O) groups excluding carboxylic acids is 1. The van der Waals surface area contributed by atoms with Crippen LogP contribution in [-0.4, -0.2) is 34.9 Å². The molecule has 0 amide bonds. The highest BCUT2D eigenvalue weighted by Crippen LogP contribution is 2.19. The number of thioether (sulfide) groups is 1. The van der Waals surface area contributed by atoms with Crippen LogP contribution in [0.2, 0.25) is 0 Å². The molecule has 9 nitrogen and oxygen atoms in total. The van der Waals surface area contributed by atoms with Crippen LogP contribution in [-0.2, 0) is 4.84 Å². The quantitative estimate of drug-likeness (QED) is 0.183. The Bertz CT molecular complexity index is 824. The van der Waals surface area contributed by atoms with Gasteiger partial charge in [0.25, 0.3) is 0 Å². The summed E-state index contributed by atoms with van der Waals surface area (Å²) in [6.07, 6.45) is 0. The highest BCUT2D eigenvalue weighted by Gasteiger charge is 2.15. The van der Waals surface area contributed by atoms with Gasteiger partial charge in [-0.25, -0.2) is 10.6 Å². The van der Waals surface area contributed by atoms with Gasteiger partial charge in [0.05, 0.1) is 29.8 Å². The van der Waals surface area contributed by atoms with E-state index in [-0.39, 0.29) is 22.3 Å². The van der Waals surface area contributed by atoms with Gasteiger partial charge in [0, 0.05) is 5.56 Å². The zero-order valence-corrected chi connectivity index (χ0v) is 15.3. The first-order valence-electron chi connectivity index (χ1n) is 7.67. The molecule has 0 unspecified atom stereocenters. The number of carboxylic acid groups (broad SMARTS) is 1. The van der Waals surface area contributed by atoms with E-state index in [0.717, 1.165) is 17.4 Å². The second-order valence-electron chi connectivity index (χ2n) is 5.23. The van der Waals surface area contributed by atoms with Crippen LogP contribution in [0.5, 0.6) is 0 Å². The third-order valence-electron chi connectivity index (χ3n) is 3.47. The molecule has 0 aliphatic heterocycles. The first kappa shape index (κ1) is 20.2. The van der Waals surface area contributed by atoms with Crippen molar-refractivity contribution >= 4 is 40.1 Å². The van der Waals surface area contributed by atoms with Crippen molar-refractivity contribution in [2.24, 2.45) is 16.8 Å². The standard InChI is InChI=1S/C17H19N5O4S/c1-26-21-13-6-2-11(3-7-13)15(23)10-27-17(20-18)22(19)14-8-4-12(5-9-14)16(24)25/h2-9,21H,10,18-19H2,1H3,(H,24,25)/b20-17+. The van der Waals surface area contributed by atoms with Gasteiger partial charge in [0.2, 0.25) is 5.17 Å². The van der Waals surface area contributed by atoms with E-state index in [4.69, 9.17) is 21.6 Å². The van der Waals surface area contributed by atoms with Gasteiger partial charge in [-0.3, -0.25) is 20.1 Å². The predicted octanol–water partition coefficient (Wildman–Crippen LogP) is 1.88. The molecular formula is C17H19N5O4S. The lowest BCUT2D eigenvalue weighted by Crippen LogP contribution is -2.37. The SMILES string of the molecule is CONc1ccc(C(=O)CS/C(=N/N)N(N)c2ccc(C(=O)O)cc2)cc1. The smallest absolute Gasteiger partial charge is 0.335 e. The van der Waals surface area contributed by atoms with Gasteiger partial charge >= 0.3 is 5.97 Å². The van der Waals surface area contributed by atoms with E-state index in [2.05, 4.69) is 10.6 Å². The Kier molecular flexibility index (Phi) is 7.17. The lowest BCUT2D eigenvalue weighted by atomic mass is 10.1. The molecule has 2 aromatic carbocycles. The molecule has 0 fully saturated rings. The number of benzene rings is 2. The number of Topliss-reactive ketones (excluding diaryl/α,β-unsaturated/α-hetero) is 1. The van der Waals surface area contributed by atoms with Crippen LogP contribution in [0.1, 0.15) is 20.7 Å². The minimum absolute atomic E-state index is 0.0774. The van der Waals surface area contributed by atoms with Crippen molar-refractivity contribution < 1.29 is 19.5 Å². The van der Waals surface area contributed by atoms with Gasteiger partial charge in [-0.1, -0.05) is 11.8 Å². The average Bonchev–Trinajstić information content (AvgIpc) is 2.69. The third kappa shape index (κ3) is 5.45. The Morgan fingerprint density at radius 2 is 1.74 bits per heavy atom. The number of hydrazone groups is 1. The van der Waals surface area contributed by atoms with Crippen molar-refractivity contribution in [2.45, 2.75) is 0 Å². The fraction of sp³-hybridized carbons (Fsp3) is 0.118. The Morgan fingerprint density at radius 3 is 2.26 bits per heavy atom. The first-order chi connectivity index (χ1) is 13.0. The van der Waals surface area contributed by atoms with Crippen molar-refractivity contribution in [2.75, 3.05) is 23.4 Å². The van der Waals surface area contributed by atoms with Crippen molar-refractivity contribution in [3.8, 4) is 0 Å². The first-order valence-corrected chi connectivity index (χ1v) is 8.66. The molecule has 27 heavy (non-hydrogen) atoms. The summed E-state index contributed by atoms with van der Waals surface area (Å²) in [6, 6.07) is 12.7. The Balaban J connectivity index is 1.99. The Labute approximate surface area is 159 Å². The van der Waals surface area contributed by atoms with Crippen LogP contribution in [0.15, 0.2) is 53.6 Å². The third-order valence-corrected chi connectivity index (χ3v) is 4.43. The summed E-state index contributed by atoms with van der Waals surface area (Å²) < 4.78 is 0. The normalized spacial score (nSPS) is 11.1. The summed E-state index contributed by atoms with van der Waals surface area (Å²) in [5, 5.41) is 13.9. The van der Waals surface area contributed by atoms with Crippen LogP contribution < -0.4 is 22.2 Å². The molecule has 6 N–H and O–H groups in total. The van der Waals surface area contributed by atoms with Crippen LogP contribution in [0.4, 0.5) is 11.4 Å². The van der Waals surface area contributed by atoms with Crippen LogP contribution >= 0.6 is 11.8 Å². The molecule has 0 bridgehead atoms. The number of aromatic carboxylic acids is 1. The van der Waals surface area contributed by atoms with Crippen molar-refractivity contribution in [3.63, 3.8) is 0 Å². The molecule has 0 atom stereocenters. The highest BCUT2D eigenvalue weighted by molar-refractivity contribution is 8.14. The van der Waals surface area contributed by atoms with Crippen molar-refractivity contribution in [3.05, 3.63) is 59.7 Å². The average molecular weight is 389 g/mol. The van der Waals surface area contributed by atoms with E-state index >= 15 is 0 Å². The molecule has 0 radical (unpaired) electrons. The summed E-state index contributed by atoms with van der Waals surface area (Å²) in [7, 11) is 1.50. The number of rotatable bonds is 7. The molecule has 0 saturated carbocycles. The molecule has 0 aliphatic carbocycles. The molecule has 0 aromatic heterocycles. The minimum Gasteiger partial charge on any atom is -0.478 e. The molecule has 0 saturated heterocycles. The summed E-state index contributed by atoms with van der Waals surface area (Å²) >= 11 is 1.07. The number of hydrazine groups is 1. The zero-order chi connectivity index (χ0) is 19.8. The number of hydrogen-bond acceptors (Lipinski definition) is 8. The fourth-order valence-corrected chi connectivity index (χ4v) is 2.85. The van der Waals surface area contributed by atoms with Gasteiger partial charge < -0.3 is 10.9 Å². The molecule has 0 aliphatic rings.